The fraction of sp³-hybridized carbons (Fsp3) is 0.889. The lowest BCUT2D eigenvalue weighted by Gasteiger charge is -2.36. The molecule has 1 saturated heterocycles. The van der Waals surface area contributed by atoms with Crippen molar-refractivity contribution in [3.63, 3.8) is 0 Å². The predicted molar refractivity (Wildman–Crippen MR) is 103 cm³/mol. The molecule has 6 nitrogen and oxygen atoms in total. The number of nitrogens with one attached hydrogen (secondary N) is 1. The van der Waals surface area contributed by atoms with E-state index in [4.69, 9.17) is 5.73 Å². The smallest absolute Gasteiger partial charge is 0.239 e. The molecule has 3 atom stereocenters. The number of piperazine rings is 1. The zero-order valence-corrected chi connectivity index (χ0v) is 16.7. The van der Waals surface area contributed by atoms with Crippen molar-refractivity contribution < 1.29 is 9.59 Å². The van der Waals surface area contributed by atoms with Crippen LogP contribution in [0.25, 0.3) is 0 Å². The Hall–Kier alpha value is -0.850. The predicted octanol–water partition coefficient (Wildman–Crippen LogP) is 1.23. The summed E-state index contributed by atoms with van der Waals surface area (Å²) < 4.78 is 0. The molecule has 1 heterocycles. The van der Waals surface area contributed by atoms with E-state index in [1.54, 1.807) is 0 Å². The third-order valence-electron chi connectivity index (χ3n) is 5.36. The molecule has 7 heteroatoms. The molecule has 146 valence electrons. The summed E-state index contributed by atoms with van der Waals surface area (Å²) in [5.41, 5.74) is 5.95. The maximum absolute atomic E-state index is 12.3. The Balaban J connectivity index is 0.00000312. The second kappa shape index (κ2) is 10.3. The van der Waals surface area contributed by atoms with Crippen LogP contribution < -0.4 is 11.1 Å². The molecular weight excluding hydrogens is 340 g/mol. The fourth-order valence-electron chi connectivity index (χ4n) is 3.66. The summed E-state index contributed by atoms with van der Waals surface area (Å²) in [6, 6.07) is -0.0821. The van der Waals surface area contributed by atoms with Gasteiger partial charge in [0.25, 0.3) is 0 Å². The quantitative estimate of drug-likeness (QED) is 0.758. The fourth-order valence-corrected chi connectivity index (χ4v) is 3.66. The Morgan fingerprint density at radius 3 is 2.36 bits per heavy atom. The standard InChI is InChI=1S/C18H34N4O2.ClH/c1-13(2)17(19)18(24)22-9-7-21(8-10-22)12-16(23)20-15-6-4-5-14(3)11-15;/h13-15,17H,4-12,19H2,1-3H3,(H,20,23);1H/t14?,15?,17-;/m0./s1. The average molecular weight is 375 g/mol. The van der Waals surface area contributed by atoms with Crippen LogP contribution in [0, 0.1) is 11.8 Å². The van der Waals surface area contributed by atoms with Crippen molar-refractivity contribution in [2.45, 2.75) is 58.5 Å². The third-order valence-corrected chi connectivity index (χ3v) is 5.36. The van der Waals surface area contributed by atoms with Gasteiger partial charge in [-0.2, -0.15) is 0 Å². The van der Waals surface area contributed by atoms with Gasteiger partial charge in [-0.1, -0.05) is 33.6 Å². The first kappa shape index (κ1) is 22.2. The maximum Gasteiger partial charge on any atom is 0.239 e. The molecule has 2 amide bonds. The summed E-state index contributed by atoms with van der Waals surface area (Å²) in [5, 5.41) is 3.18. The Labute approximate surface area is 158 Å². The van der Waals surface area contributed by atoms with E-state index in [9.17, 15) is 9.59 Å². The molecule has 0 bridgehead atoms. The van der Waals surface area contributed by atoms with Crippen LogP contribution in [0.5, 0.6) is 0 Å². The summed E-state index contributed by atoms with van der Waals surface area (Å²) in [4.78, 5) is 28.5. The van der Waals surface area contributed by atoms with Crippen molar-refractivity contribution in [1.29, 1.82) is 0 Å². The number of halogens is 1. The molecule has 2 aliphatic rings. The van der Waals surface area contributed by atoms with Crippen molar-refractivity contribution in [2.24, 2.45) is 17.6 Å². The first-order valence-corrected chi connectivity index (χ1v) is 9.43. The van der Waals surface area contributed by atoms with Crippen molar-refractivity contribution in [2.75, 3.05) is 32.7 Å². The van der Waals surface area contributed by atoms with Crippen LogP contribution >= 0.6 is 12.4 Å². The third kappa shape index (κ3) is 6.76. The van der Waals surface area contributed by atoms with Crippen LogP contribution in [0.4, 0.5) is 0 Å². The minimum absolute atomic E-state index is 0. The molecule has 0 radical (unpaired) electrons. The van der Waals surface area contributed by atoms with E-state index in [-0.39, 0.29) is 30.1 Å². The summed E-state index contributed by atoms with van der Waals surface area (Å²) in [7, 11) is 0. The van der Waals surface area contributed by atoms with Gasteiger partial charge in [0.1, 0.15) is 0 Å². The number of carbonyl (C=O) groups excluding carboxylic acids is 2. The molecule has 0 aromatic carbocycles. The van der Waals surface area contributed by atoms with Gasteiger partial charge in [0.05, 0.1) is 12.6 Å². The first-order valence-electron chi connectivity index (χ1n) is 9.43. The highest BCUT2D eigenvalue weighted by molar-refractivity contribution is 5.85. The van der Waals surface area contributed by atoms with Crippen LogP contribution in [0.15, 0.2) is 0 Å². The van der Waals surface area contributed by atoms with E-state index < -0.39 is 6.04 Å². The molecule has 2 rings (SSSR count). The van der Waals surface area contributed by atoms with Crippen LogP contribution in [0.2, 0.25) is 0 Å². The van der Waals surface area contributed by atoms with Crippen LogP contribution in [-0.4, -0.2) is 66.4 Å². The molecule has 0 aromatic rings. The van der Waals surface area contributed by atoms with Gasteiger partial charge in [-0.15, -0.1) is 12.4 Å². The highest BCUT2D eigenvalue weighted by Crippen LogP contribution is 2.23. The second-order valence-corrected chi connectivity index (χ2v) is 7.91. The summed E-state index contributed by atoms with van der Waals surface area (Å²) in [6.07, 6.45) is 4.69. The van der Waals surface area contributed by atoms with Crippen molar-refractivity contribution in [1.82, 2.24) is 15.1 Å². The highest BCUT2D eigenvalue weighted by Gasteiger charge is 2.28. The van der Waals surface area contributed by atoms with Crippen molar-refractivity contribution in [3.8, 4) is 0 Å². The Bertz CT molecular complexity index is 439. The molecule has 25 heavy (non-hydrogen) atoms. The van der Waals surface area contributed by atoms with Crippen molar-refractivity contribution in [3.05, 3.63) is 0 Å². The zero-order valence-electron chi connectivity index (χ0n) is 15.9. The van der Waals surface area contributed by atoms with Gasteiger partial charge in [-0.05, 0) is 24.7 Å². The molecule has 0 spiro atoms. The first-order chi connectivity index (χ1) is 11.4. The molecule has 3 N–H and O–H groups in total. The van der Waals surface area contributed by atoms with Crippen LogP contribution in [-0.2, 0) is 9.59 Å². The minimum atomic E-state index is -0.423. The summed E-state index contributed by atoms with van der Waals surface area (Å²) >= 11 is 0. The van der Waals surface area contributed by atoms with Crippen LogP contribution in [0.1, 0.15) is 46.5 Å². The highest BCUT2D eigenvalue weighted by atomic mass is 35.5. The lowest BCUT2D eigenvalue weighted by atomic mass is 9.87. The average Bonchev–Trinajstić information content (AvgIpc) is 2.54. The number of carbonyl (C=O) groups is 2. The second-order valence-electron chi connectivity index (χ2n) is 7.91. The lowest BCUT2D eigenvalue weighted by Crippen LogP contribution is -2.55. The van der Waals surface area contributed by atoms with Crippen molar-refractivity contribution >= 4 is 24.2 Å². The molecular formula is C18H35ClN4O2. The number of rotatable bonds is 5. The van der Waals surface area contributed by atoms with E-state index in [0.717, 1.165) is 25.9 Å². The topological polar surface area (TPSA) is 78.7 Å². The SMILES string of the molecule is CC1CCCC(NC(=O)CN2CCN(C(=O)[C@@H](N)C(C)C)CC2)C1.Cl. The molecule has 2 unspecified atom stereocenters. The monoisotopic (exact) mass is 374 g/mol. The Kier molecular flexibility index (Phi) is 9.17. The van der Waals surface area contributed by atoms with E-state index in [0.29, 0.717) is 31.6 Å². The number of nitrogens with two attached hydrogens (primary N) is 1. The van der Waals surface area contributed by atoms with Gasteiger partial charge < -0.3 is 16.0 Å². The van der Waals surface area contributed by atoms with E-state index in [1.807, 2.05) is 18.7 Å². The van der Waals surface area contributed by atoms with Crippen LogP contribution in [0.3, 0.4) is 0 Å². The Morgan fingerprint density at radius 1 is 1.16 bits per heavy atom. The molecule has 1 saturated carbocycles. The van der Waals surface area contributed by atoms with E-state index >= 15 is 0 Å². The molecule has 1 aliphatic carbocycles. The number of hydrogen-bond acceptors (Lipinski definition) is 4. The lowest BCUT2D eigenvalue weighted by molar-refractivity contribution is -0.135. The number of nitrogens with zero attached hydrogens (tertiary/aromatic N) is 2. The number of hydrogen-bond donors (Lipinski definition) is 2. The molecule has 0 aromatic heterocycles. The van der Waals surface area contributed by atoms with Gasteiger partial charge in [0.2, 0.25) is 11.8 Å². The zero-order chi connectivity index (χ0) is 17.7. The van der Waals surface area contributed by atoms with Gasteiger partial charge in [0, 0.05) is 32.2 Å². The Morgan fingerprint density at radius 2 is 1.80 bits per heavy atom. The molecule has 2 fully saturated rings. The van der Waals surface area contributed by atoms with Gasteiger partial charge >= 0.3 is 0 Å². The van der Waals surface area contributed by atoms with Gasteiger partial charge in [-0.25, -0.2) is 0 Å². The number of amides is 2. The van der Waals surface area contributed by atoms with Gasteiger partial charge in [-0.3, -0.25) is 14.5 Å². The summed E-state index contributed by atoms with van der Waals surface area (Å²) in [6.45, 7) is 9.43. The summed E-state index contributed by atoms with van der Waals surface area (Å²) in [5.74, 6) is 1.01. The van der Waals surface area contributed by atoms with E-state index in [2.05, 4.69) is 17.1 Å². The minimum Gasteiger partial charge on any atom is -0.352 e. The largest absolute Gasteiger partial charge is 0.352 e. The maximum atomic E-state index is 12.3. The molecule has 1 aliphatic heterocycles. The normalized spacial score (nSPS) is 26.0. The van der Waals surface area contributed by atoms with E-state index in [1.165, 1.54) is 12.8 Å². The van der Waals surface area contributed by atoms with Gasteiger partial charge in [0.15, 0.2) is 0 Å².